The number of hydrogen-bond acceptors (Lipinski definition) is 3. The SMILES string of the molecule is COc1cc(O)c(C=O)c(/C=C/c2cccc(F)c2)c1. The topological polar surface area (TPSA) is 46.5 Å². The molecule has 102 valence electrons. The molecule has 2 rings (SSSR count). The predicted octanol–water partition coefficient (Wildman–Crippen LogP) is 3.52. The fraction of sp³-hybridized carbons (Fsp3) is 0.0625. The standard InChI is InChI=1S/C16H13FO3/c1-20-14-8-12(15(10-18)16(19)9-14)6-5-11-3-2-4-13(17)7-11/h2-10,19H,1H3/b6-5+. The molecule has 1 N–H and O–H groups in total. The van der Waals surface area contributed by atoms with Crippen molar-refractivity contribution in [1.29, 1.82) is 0 Å². The Kier molecular flexibility index (Phi) is 4.15. The number of ether oxygens (including phenoxy) is 1. The van der Waals surface area contributed by atoms with E-state index in [1.165, 1.54) is 25.3 Å². The Hall–Kier alpha value is -2.62. The van der Waals surface area contributed by atoms with E-state index in [1.54, 1.807) is 30.4 Å². The number of phenols is 1. The third kappa shape index (κ3) is 3.03. The maximum Gasteiger partial charge on any atom is 0.154 e. The molecule has 2 aromatic rings. The molecule has 0 aliphatic carbocycles. The molecule has 0 saturated heterocycles. The Morgan fingerprint density at radius 2 is 2.00 bits per heavy atom. The van der Waals surface area contributed by atoms with Gasteiger partial charge in [-0.2, -0.15) is 0 Å². The molecule has 0 aliphatic heterocycles. The van der Waals surface area contributed by atoms with E-state index in [-0.39, 0.29) is 17.1 Å². The zero-order chi connectivity index (χ0) is 14.5. The summed E-state index contributed by atoms with van der Waals surface area (Å²) in [7, 11) is 1.47. The Morgan fingerprint density at radius 1 is 1.20 bits per heavy atom. The van der Waals surface area contributed by atoms with Crippen LogP contribution in [0, 0.1) is 5.82 Å². The first kappa shape index (κ1) is 13.8. The normalized spacial score (nSPS) is 10.7. The maximum absolute atomic E-state index is 13.1. The number of benzene rings is 2. The van der Waals surface area contributed by atoms with Crippen molar-refractivity contribution in [1.82, 2.24) is 0 Å². The number of phenolic OH excluding ortho intramolecular Hbond substituents is 1. The first-order valence-electron chi connectivity index (χ1n) is 5.94. The number of carbonyl (C=O) groups excluding carboxylic acids is 1. The molecule has 0 heterocycles. The van der Waals surface area contributed by atoms with Gasteiger partial charge in [0.1, 0.15) is 17.3 Å². The molecular formula is C16H13FO3. The summed E-state index contributed by atoms with van der Waals surface area (Å²) in [5, 5.41) is 9.74. The molecule has 0 atom stereocenters. The Morgan fingerprint density at radius 3 is 2.65 bits per heavy atom. The summed E-state index contributed by atoms with van der Waals surface area (Å²) in [6.45, 7) is 0. The number of aromatic hydroxyl groups is 1. The van der Waals surface area contributed by atoms with E-state index in [0.29, 0.717) is 23.2 Å². The Bertz CT molecular complexity index is 663. The molecule has 0 saturated carbocycles. The summed E-state index contributed by atoms with van der Waals surface area (Å²) < 4.78 is 18.1. The Balaban J connectivity index is 2.41. The van der Waals surface area contributed by atoms with Crippen molar-refractivity contribution in [2.24, 2.45) is 0 Å². The molecule has 4 heteroatoms. The molecule has 0 spiro atoms. The molecule has 0 amide bonds. The van der Waals surface area contributed by atoms with Crippen molar-refractivity contribution in [3.8, 4) is 11.5 Å². The van der Waals surface area contributed by atoms with Gasteiger partial charge in [-0.15, -0.1) is 0 Å². The second-order valence-electron chi connectivity index (χ2n) is 4.16. The number of halogens is 1. The van der Waals surface area contributed by atoms with Crippen molar-refractivity contribution >= 4 is 18.4 Å². The molecule has 0 radical (unpaired) electrons. The van der Waals surface area contributed by atoms with Crippen LogP contribution in [0.15, 0.2) is 36.4 Å². The van der Waals surface area contributed by atoms with Crippen LogP contribution >= 0.6 is 0 Å². The highest BCUT2D eigenvalue weighted by molar-refractivity contribution is 5.88. The zero-order valence-corrected chi connectivity index (χ0v) is 10.8. The van der Waals surface area contributed by atoms with Crippen molar-refractivity contribution in [3.05, 3.63) is 58.9 Å². The van der Waals surface area contributed by atoms with Crippen LogP contribution in [0.1, 0.15) is 21.5 Å². The van der Waals surface area contributed by atoms with Crippen LogP contribution in [-0.4, -0.2) is 18.5 Å². The number of hydrogen-bond donors (Lipinski definition) is 1. The van der Waals surface area contributed by atoms with Crippen molar-refractivity contribution in [2.75, 3.05) is 7.11 Å². The van der Waals surface area contributed by atoms with E-state index in [4.69, 9.17) is 4.74 Å². The summed E-state index contributed by atoms with van der Waals surface area (Å²) in [6.07, 6.45) is 3.85. The van der Waals surface area contributed by atoms with E-state index >= 15 is 0 Å². The van der Waals surface area contributed by atoms with Gasteiger partial charge in [-0.05, 0) is 29.3 Å². The number of aldehydes is 1. The van der Waals surface area contributed by atoms with Gasteiger partial charge in [0.15, 0.2) is 6.29 Å². The molecule has 2 aromatic carbocycles. The second kappa shape index (κ2) is 6.02. The van der Waals surface area contributed by atoms with Gasteiger partial charge in [0.25, 0.3) is 0 Å². The van der Waals surface area contributed by atoms with Gasteiger partial charge in [-0.1, -0.05) is 24.3 Å². The maximum atomic E-state index is 13.1. The average Bonchev–Trinajstić information content (AvgIpc) is 2.44. The minimum atomic E-state index is -0.337. The molecule has 0 unspecified atom stereocenters. The van der Waals surface area contributed by atoms with Crippen LogP contribution in [0.5, 0.6) is 11.5 Å². The average molecular weight is 272 g/mol. The highest BCUT2D eigenvalue weighted by Gasteiger charge is 2.08. The third-order valence-electron chi connectivity index (χ3n) is 2.82. The number of rotatable bonds is 4. The molecular weight excluding hydrogens is 259 g/mol. The van der Waals surface area contributed by atoms with E-state index in [2.05, 4.69) is 0 Å². The van der Waals surface area contributed by atoms with Crippen LogP contribution in [0.3, 0.4) is 0 Å². The second-order valence-corrected chi connectivity index (χ2v) is 4.16. The summed E-state index contributed by atoms with van der Waals surface area (Å²) in [5.74, 6) is -0.0542. The lowest BCUT2D eigenvalue weighted by atomic mass is 10.0. The fourth-order valence-corrected chi connectivity index (χ4v) is 1.81. The van der Waals surface area contributed by atoms with Crippen molar-refractivity contribution in [3.63, 3.8) is 0 Å². The predicted molar refractivity (Wildman–Crippen MR) is 75.4 cm³/mol. The smallest absolute Gasteiger partial charge is 0.154 e. The minimum Gasteiger partial charge on any atom is -0.507 e. The molecule has 0 aliphatic rings. The highest BCUT2D eigenvalue weighted by atomic mass is 19.1. The lowest BCUT2D eigenvalue weighted by Crippen LogP contribution is -1.91. The molecule has 0 aromatic heterocycles. The van der Waals surface area contributed by atoms with Gasteiger partial charge in [0.2, 0.25) is 0 Å². The minimum absolute atomic E-state index is 0.154. The monoisotopic (exact) mass is 272 g/mol. The van der Waals surface area contributed by atoms with Gasteiger partial charge >= 0.3 is 0 Å². The molecule has 0 bridgehead atoms. The first-order chi connectivity index (χ1) is 9.63. The van der Waals surface area contributed by atoms with Crippen molar-refractivity contribution < 1.29 is 19.0 Å². The third-order valence-corrected chi connectivity index (χ3v) is 2.82. The largest absolute Gasteiger partial charge is 0.507 e. The van der Waals surface area contributed by atoms with E-state index in [1.807, 2.05) is 0 Å². The zero-order valence-electron chi connectivity index (χ0n) is 10.8. The first-order valence-corrected chi connectivity index (χ1v) is 5.94. The highest BCUT2D eigenvalue weighted by Crippen LogP contribution is 2.27. The van der Waals surface area contributed by atoms with Crippen LogP contribution < -0.4 is 4.74 Å². The van der Waals surface area contributed by atoms with Crippen LogP contribution in [0.25, 0.3) is 12.2 Å². The lowest BCUT2D eigenvalue weighted by Gasteiger charge is -2.06. The number of methoxy groups -OCH3 is 1. The summed E-state index contributed by atoms with van der Waals surface area (Å²) in [4.78, 5) is 11.0. The van der Waals surface area contributed by atoms with Crippen LogP contribution in [0.2, 0.25) is 0 Å². The van der Waals surface area contributed by atoms with Crippen molar-refractivity contribution in [2.45, 2.75) is 0 Å². The molecule has 20 heavy (non-hydrogen) atoms. The summed E-state index contributed by atoms with van der Waals surface area (Å²) in [5.41, 5.74) is 1.32. The summed E-state index contributed by atoms with van der Waals surface area (Å²) in [6, 6.07) is 9.05. The van der Waals surface area contributed by atoms with Gasteiger partial charge in [0.05, 0.1) is 12.7 Å². The van der Waals surface area contributed by atoms with Gasteiger partial charge < -0.3 is 9.84 Å². The Labute approximate surface area is 115 Å². The van der Waals surface area contributed by atoms with Crippen LogP contribution in [-0.2, 0) is 0 Å². The quantitative estimate of drug-likeness (QED) is 0.684. The van der Waals surface area contributed by atoms with E-state index < -0.39 is 0 Å². The number of carbonyl (C=O) groups is 1. The lowest BCUT2D eigenvalue weighted by molar-refractivity contribution is 0.112. The molecule has 3 nitrogen and oxygen atoms in total. The molecule has 0 fully saturated rings. The van der Waals surface area contributed by atoms with Gasteiger partial charge in [0, 0.05) is 6.07 Å². The van der Waals surface area contributed by atoms with E-state index in [0.717, 1.165) is 0 Å². The van der Waals surface area contributed by atoms with Crippen LogP contribution in [0.4, 0.5) is 4.39 Å². The van der Waals surface area contributed by atoms with E-state index in [9.17, 15) is 14.3 Å². The van der Waals surface area contributed by atoms with Gasteiger partial charge in [-0.25, -0.2) is 4.39 Å². The fourth-order valence-electron chi connectivity index (χ4n) is 1.81. The summed E-state index contributed by atoms with van der Waals surface area (Å²) >= 11 is 0. The van der Waals surface area contributed by atoms with Gasteiger partial charge in [-0.3, -0.25) is 4.79 Å².